The fourth-order valence-electron chi connectivity index (χ4n) is 2.00. The van der Waals surface area contributed by atoms with Crippen molar-refractivity contribution in [3.05, 3.63) is 53.6 Å². The lowest BCUT2D eigenvalue weighted by atomic mass is 10.1. The molecule has 0 aromatic heterocycles. The molecule has 3 rings (SSSR count). The predicted octanol–water partition coefficient (Wildman–Crippen LogP) is 3.80. The van der Waals surface area contributed by atoms with Gasteiger partial charge in [0.25, 0.3) is 0 Å². The number of carbonyl (C=O) groups is 1. The molecule has 0 saturated heterocycles. The standard InChI is InChI=1S/C14H7F3O2/c15-14(16,17)19-9-6-4-8(5-7-9)13(18)12-10-2-1-3-11(10)12/h1-7H. The van der Waals surface area contributed by atoms with Crippen LogP contribution in [-0.4, -0.2) is 12.1 Å². The summed E-state index contributed by atoms with van der Waals surface area (Å²) in [6.45, 7) is 0. The second kappa shape index (κ2) is 3.85. The lowest BCUT2D eigenvalue weighted by Crippen LogP contribution is -2.17. The van der Waals surface area contributed by atoms with Crippen molar-refractivity contribution in [2.75, 3.05) is 0 Å². The average Bonchev–Trinajstić information content (AvgIpc) is 2.80. The summed E-state index contributed by atoms with van der Waals surface area (Å²) in [6.07, 6.45) is -4.72. The summed E-state index contributed by atoms with van der Waals surface area (Å²) in [6, 6.07) is 10.4. The number of halogens is 3. The van der Waals surface area contributed by atoms with E-state index in [0.717, 1.165) is 23.3 Å². The number of rotatable bonds is 3. The van der Waals surface area contributed by atoms with Crippen molar-refractivity contribution < 1.29 is 22.7 Å². The van der Waals surface area contributed by atoms with Crippen LogP contribution in [0.3, 0.4) is 0 Å². The molecule has 0 bridgehead atoms. The molecule has 1 aromatic carbocycles. The first-order valence-corrected chi connectivity index (χ1v) is 5.49. The van der Waals surface area contributed by atoms with Crippen molar-refractivity contribution in [3.63, 3.8) is 0 Å². The van der Waals surface area contributed by atoms with Crippen LogP contribution in [0.5, 0.6) is 5.75 Å². The van der Waals surface area contributed by atoms with Crippen molar-refractivity contribution in [1.82, 2.24) is 0 Å². The van der Waals surface area contributed by atoms with Gasteiger partial charge in [-0.25, -0.2) is 0 Å². The molecule has 0 saturated carbocycles. The Morgan fingerprint density at radius 3 is 2.05 bits per heavy atom. The number of benzene rings is 2. The molecule has 0 aliphatic heterocycles. The Labute approximate surface area is 106 Å². The van der Waals surface area contributed by atoms with Crippen LogP contribution in [0.2, 0.25) is 0 Å². The number of alkyl halides is 3. The SMILES string of the molecule is O=C(c1ccc(OC(F)(F)F)cc1)c1c2cccc1-2. The Morgan fingerprint density at radius 1 is 0.947 bits per heavy atom. The fourth-order valence-corrected chi connectivity index (χ4v) is 2.00. The largest absolute Gasteiger partial charge is 0.573 e. The summed E-state index contributed by atoms with van der Waals surface area (Å²) in [4.78, 5) is 12.0. The van der Waals surface area contributed by atoms with Crippen molar-refractivity contribution in [1.29, 1.82) is 0 Å². The minimum Gasteiger partial charge on any atom is -0.406 e. The van der Waals surface area contributed by atoms with E-state index in [4.69, 9.17) is 0 Å². The highest BCUT2D eigenvalue weighted by molar-refractivity contribution is 6.24. The Kier molecular flexibility index (Phi) is 2.38. The van der Waals surface area contributed by atoms with Crippen molar-refractivity contribution in [3.8, 4) is 16.9 Å². The maximum Gasteiger partial charge on any atom is 0.573 e. The van der Waals surface area contributed by atoms with Crippen LogP contribution in [0.15, 0.2) is 42.5 Å². The maximum atomic E-state index is 12.0. The Bertz CT molecular complexity index is 637. The molecule has 19 heavy (non-hydrogen) atoms. The number of fused-ring (bicyclic) bond motifs is 1. The smallest absolute Gasteiger partial charge is 0.406 e. The molecule has 96 valence electrons. The van der Waals surface area contributed by atoms with Gasteiger partial charge in [0.05, 0.1) is 0 Å². The van der Waals surface area contributed by atoms with Gasteiger partial charge in [-0.15, -0.1) is 13.2 Å². The monoisotopic (exact) mass is 264 g/mol. The van der Waals surface area contributed by atoms with Crippen LogP contribution in [0.1, 0.15) is 15.9 Å². The number of hydrogen-bond donors (Lipinski definition) is 0. The van der Waals surface area contributed by atoms with Crippen LogP contribution in [0.4, 0.5) is 13.2 Å². The van der Waals surface area contributed by atoms with Gasteiger partial charge in [-0.3, -0.25) is 4.79 Å². The molecule has 0 unspecified atom stereocenters. The molecule has 2 aliphatic carbocycles. The molecule has 2 nitrogen and oxygen atoms in total. The minimum absolute atomic E-state index is 0.177. The van der Waals surface area contributed by atoms with Gasteiger partial charge in [0.1, 0.15) is 5.75 Å². The molecule has 0 atom stereocenters. The highest BCUT2D eigenvalue weighted by Gasteiger charge is 2.32. The van der Waals surface area contributed by atoms with E-state index >= 15 is 0 Å². The normalized spacial score (nSPS) is 12.2. The summed E-state index contributed by atoms with van der Waals surface area (Å²) in [5, 5.41) is 0. The summed E-state index contributed by atoms with van der Waals surface area (Å²) < 4.78 is 39.7. The van der Waals surface area contributed by atoms with Crippen LogP contribution >= 0.6 is 0 Å². The average molecular weight is 264 g/mol. The van der Waals surface area contributed by atoms with Crippen LogP contribution in [0, 0.1) is 0 Å². The summed E-state index contributed by atoms with van der Waals surface area (Å²) in [5.41, 5.74) is 2.83. The third kappa shape index (κ3) is 2.19. The van der Waals surface area contributed by atoms with Gasteiger partial charge in [0.15, 0.2) is 5.78 Å². The van der Waals surface area contributed by atoms with Gasteiger partial charge in [-0.1, -0.05) is 18.2 Å². The summed E-state index contributed by atoms with van der Waals surface area (Å²) >= 11 is 0. The number of hydrogen-bond acceptors (Lipinski definition) is 2. The molecule has 0 radical (unpaired) electrons. The van der Waals surface area contributed by atoms with Gasteiger partial charge in [0, 0.05) is 11.1 Å². The van der Waals surface area contributed by atoms with Gasteiger partial charge in [-0.2, -0.15) is 0 Å². The highest BCUT2D eigenvalue weighted by atomic mass is 19.4. The third-order valence-corrected chi connectivity index (χ3v) is 2.87. The van der Waals surface area contributed by atoms with Crippen molar-refractivity contribution >= 4 is 5.78 Å². The van der Waals surface area contributed by atoms with E-state index in [1.54, 1.807) is 0 Å². The fraction of sp³-hybridized carbons (Fsp3) is 0.0714. The lowest BCUT2D eigenvalue weighted by Gasteiger charge is -2.08. The van der Waals surface area contributed by atoms with Crippen LogP contribution in [0.25, 0.3) is 11.1 Å². The molecule has 1 aromatic rings. The zero-order valence-electron chi connectivity index (χ0n) is 9.49. The molecule has 0 spiro atoms. The van der Waals surface area contributed by atoms with E-state index < -0.39 is 6.36 Å². The lowest BCUT2D eigenvalue weighted by molar-refractivity contribution is -0.274. The van der Waals surface area contributed by atoms with Gasteiger partial charge < -0.3 is 4.74 Å². The molecule has 0 N–H and O–H groups in total. The maximum absolute atomic E-state index is 12.0. The van der Waals surface area contributed by atoms with Crippen LogP contribution in [-0.2, 0) is 0 Å². The predicted molar refractivity (Wildman–Crippen MR) is 62.0 cm³/mol. The van der Waals surface area contributed by atoms with E-state index in [9.17, 15) is 18.0 Å². The number of carbonyl (C=O) groups excluding carboxylic acids is 1. The second-order valence-electron chi connectivity index (χ2n) is 4.13. The van der Waals surface area contributed by atoms with Gasteiger partial charge >= 0.3 is 6.36 Å². The quantitative estimate of drug-likeness (QED) is 0.672. The minimum atomic E-state index is -4.72. The molecule has 2 aliphatic rings. The van der Waals surface area contributed by atoms with Gasteiger partial charge in [0.2, 0.25) is 0 Å². The first-order valence-electron chi connectivity index (χ1n) is 5.49. The van der Waals surface area contributed by atoms with E-state index in [0.29, 0.717) is 11.1 Å². The molecular weight excluding hydrogens is 257 g/mol. The number of ether oxygens (including phenoxy) is 1. The molecule has 0 amide bonds. The van der Waals surface area contributed by atoms with E-state index in [1.807, 2.05) is 18.2 Å². The zero-order chi connectivity index (χ0) is 13.6. The van der Waals surface area contributed by atoms with Crippen molar-refractivity contribution in [2.24, 2.45) is 0 Å². The first kappa shape index (κ1) is 11.8. The van der Waals surface area contributed by atoms with Crippen molar-refractivity contribution in [2.45, 2.75) is 6.36 Å². The van der Waals surface area contributed by atoms with E-state index in [-0.39, 0.29) is 11.5 Å². The van der Waals surface area contributed by atoms with E-state index in [2.05, 4.69) is 4.74 Å². The third-order valence-electron chi connectivity index (χ3n) is 2.87. The zero-order valence-corrected chi connectivity index (χ0v) is 9.49. The number of ketones is 1. The van der Waals surface area contributed by atoms with Crippen LogP contribution < -0.4 is 4.74 Å². The van der Waals surface area contributed by atoms with Gasteiger partial charge in [-0.05, 0) is 35.4 Å². The highest BCUT2D eigenvalue weighted by Crippen LogP contribution is 2.44. The summed E-state index contributed by atoms with van der Waals surface area (Å²) in [5.74, 6) is -0.513. The Balaban J connectivity index is 1.79. The Hall–Kier alpha value is -2.30. The molecule has 0 fully saturated rings. The van der Waals surface area contributed by atoms with E-state index in [1.165, 1.54) is 12.1 Å². The summed E-state index contributed by atoms with van der Waals surface area (Å²) in [7, 11) is 0. The topological polar surface area (TPSA) is 26.3 Å². The Morgan fingerprint density at radius 2 is 1.53 bits per heavy atom. The molecular formula is C14H7F3O2. The molecule has 5 heteroatoms. The second-order valence-corrected chi connectivity index (χ2v) is 4.13. The molecule has 0 heterocycles. The first-order chi connectivity index (χ1) is 8.96.